The molecule has 0 aliphatic carbocycles. The van der Waals surface area contributed by atoms with Crippen molar-refractivity contribution in [3.63, 3.8) is 0 Å². The predicted octanol–water partition coefficient (Wildman–Crippen LogP) is 0.745. The normalized spacial score (nSPS) is 9.61. The SMILES string of the molecule is O=C(NCc1ccc(C#CCO)s1)c1ccn[nH]1. The van der Waals surface area contributed by atoms with E-state index in [-0.39, 0.29) is 12.5 Å². The van der Waals surface area contributed by atoms with Crippen LogP contribution in [0.3, 0.4) is 0 Å². The van der Waals surface area contributed by atoms with E-state index in [2.05, 4.69) is 27.4 Å². The molecule has 0 aromatic carbocycles. The van der Waals surface area contributed by atoms with E-state index in [1.54, 1.807) is 6.07 Å². The minimum atomic E-state index is -0.191. The van der Waals surface area contributed by atoms with Crippen molar-refractivity contribution >= 4 is 17.2 Å². The third-order valence-corrected chi connectivity index (χ3v) is 3.12. The van der Waals surface area contributed by atoms with Crippen molar-refractivity contribution in [2.75, 3.05) is 6.61 Å². The first-order valence-electron chi connectivity index (χ1n) is 5.25. The maximum atomic E-state index is 11.6. The average molecular weight is 261 g/mol. The number of aliphatic hydroxyl groups excluding tert-OH is 1. The summed E-state index contributed by atoms with van der Waals surface area (Å²) in [5.74, 6) is 5.21. The maximum absolute atomic E-state index is 11.6. The molecule has 5 nitrogen and oxygen atoms in total. The van der Waals surface area contributed by atoms with Crippen molar-refractivity contribution in [2.24, 2.45) is 0 Å². The maximum Gasteiger partial charge on any atom is 0.269 e. The second-order valence-corrected chi connectivity index (χ2v) is 4.55. The first-order chi connectivity index (χ1) is 8.79. The number of carbonyl (C=O) groups excluding carboxylic acids is 1. The molecule has 1 amide bonds. The number of rotatable bonds is 3. The van der Waals surface area contributed by atoms with Gasteiger partial charge in [-0.1, -0.05) is 11.8 Å². The molecule has 2 aromatic heterocycles. The number of nitrogens with one attached hydrogen (secondary N) is 2. The highest BCUT2D eigenvalue weighted by Crippen LogP contribution is 2.15. The summed E-state index contributed by atoms with van der Waals surface area (Å²) < 4.78 is 0. The summed E-state index contributed by atoms with van der Waals surface area (Å²) in [6, 6.07) is 5.38. The molecule has 0 aliphatic heterocycles. The van der Waals surface area contributed by atoms with Crippen molar-refractivity contribution in [1.29, 1.82) is 0 Å². The molecular formula is C12H11N3O2S. The van der Waals surface area contributed by atoms with E-state index in [4.69, 9.17) is 5.11 Å². The van der Waals surface area contributed by atoms with Gasteiger partial charge in [0.2, 0.25) is 0 Å². The lowest BCUT2D eigenvalue weighted by atomic mass is 10.4. The predicted molar refractivity (Wildman–Crippen MR) is 68.0 cm³/mol. The zero-order valence-corrected chi connectivity index (χ0v) is 10.3. The minimum Gasteiger partial charge on any atom is -0.384 e. The Hall–Kier alpha value is -2.10. The summed E-state index contributed by atoms with van der Waals surface area (Å²) in [4.78, 5) is 13.5. The summed E-state index contributed by atoms with van der Waals surface area (Å²) in [7, 11) is 0. The zero-order valence-electron chi connectivity index (χ0n) is 9.43. The van der Waals surface area contributed by atoms with E-state index in [1.165, 1.54) is 17.5 Å². The quantitative estimate of drug-likeness (QED) is 0.713. The number of nitrogens with zero attached hydrogens (tertiary/aromatic N) is 1. The molecule has 0 saturated carbocycles. The second kappa shape index (κ2) is 6.00. The highest BCUT2D eigenvalue weighted by atomic mass is 32.1. The standard InChI is InChI=1S/C12H11N3O2S/c16-7-1-2-9-3-4-10(18-9)8-13-12(17)11-5-6-14-15-11/h3-6,16H,7-8H2,(H,13,17)(H,14,15). The van der Waals surface area contributed by atoms with Crippen LogP contribution in [0.15, 0.2) is 24.4 Å². The van der Waals surface area contributed by atoms with Crippen LogP contribution in [0.25, 0.3) is 0 Å². The van der Waals surface area contributed by atoms with Gasteiger partial charge in [-0.15, -0.1) is 11.3 Å². The van der Waals surface area contributed by atoms with E-state index < -0.39 is 0 Å². The van der Waals surface area contributed by atoms with Gasteiger partial charge in [0.05, 0.1) is 11.4 Å². The molecule has 92 valence electrons. The van der Waals surface area contributed by atoms with Crippen LogP contribution in [0.1, 0.15) is 20.2 Å². The van der Waals surface area contributed by atoms with Gasteiger partial charge in [-0.2, -0.15) is 5.10 Å². The number of aliphatic hydroxyl groups is 1. The number of hydrogen-bond acceptors (Lipinski definition) is 4. The van der Waals surface area contributed by atoms with Gasteiger partial charge >= 0.3 is 0 Å². The van der Waals surface area contributed by atoms with Gasteiger partial charge in [-0.05, 0) is 18.2 Å². The van der Waals surface area contributed by atoms with Gasteiger partial charge in [0, 0.05) is 11.1 Å². The molecule has 6 heteroatoms. The third-order valence-electron chi connectivity index (χ3n) is 2.12. The summed E-state index contributed by atoms with van der Waals surface area (Å²) in [5, 5.41) is 17.7. The van der Waals surface area contributed by atoms with Crippen LogP contribution in [0, 0.1) is 11.8 Å². The number of H-pyrrole nitrogens is 1. The smallest absolute Gasteiger partial charge is 0.269 e. The summed E-state index contributed by atoms with van der Waals surface area (Å²) in [5.41, 5.74) is 0.437. The molecule has 0 saturated heterocycles. The Morgan fingerprint density at radius 1 is 1.50 bits per heavy atom. The first kappa shape index (κ1) is 12.4. The Balaban J connectivity index is 1.90. The van der Waals surface area contributed by atoms with Crippen LogP contribution in [0.2, 0.25) is 0 Å². The molecule has 0 unspecified atom stereocenters. The van der Waals surface area contributed by atoms with E-state index in [1.807, 2.05) is 12.1 Å². The molecule has 0 atom stereocenters. The fraction of sp³-hybridized carbons (Fsp3) is 0.167. The Kier molecular flexibility index (Phi) is 4.12. The van der Waals surface area contributed by atoms with E-state index in [0.717, 1.165) is 9.75 Å². The van der Waals surface area contributed by atoms with E-state index in [0.29, 0.717) is 12.2 Å². The van der Waals surface area contributed by atoms with E-state index in [9.17, 15) is 4.79 Å². The van der Waals surface area contributed by atoms with Crippen molar-refractivity contribution in [3.05, 3.63) is 39.8 Å². The summed E-state index contributed by atoms with van der Waals surface area (Å²) in [6.07, 6.45) is 1.53. The molecule has 2 rings (SSSR count). The Labute approximate surface area is 108 Å². The van der Waals surface area contributed by atoms with Crippen LogP contribution in [0.4, 0.5) is 0 Å². The van der Waals surface area contributed by atoms with Gasteiger partial charge in [0.25, 0.3) is 5.91 Å². The van der Waals surface area contributed by atoms with Crippen molar-refractivity contribution in [1.82, 2.24) is 15.5 Å². The minimum absolute atomic E-state index is 0.149. The van der Waals surface area contributed by atoms with Crippen LogP contribution in [0.5, 0.6) is 0 Å². The van der Waals surface area contributed by atoms with Crippen LogP contribution < -0.4 is 5.32 Å². The Morgan fingerprint density at radius 2 is 2.39 bits per heavy atom. The molecule has 0 aliphatic rings. The number of aromatic amines is 1. The van der Waals surface area contributed by atoms with E-state index >= 15 is 0 Å². The topological polar surface area (TPSA) is 78.0 Å². The van der Waals surface area contributed by atoms with Gasteiger partial charge in [0.15, 0.2) is 0 Å². The molecule has 0 radical (unpaired) electrons. The summed E-state index contributed by atoms with van der Waals surface area (Å²) >= 11 is 1.49. The zero-order chi connectivity index (χ0) is 12.8. The highest BCUT2D eigenvalue weighted by Gasteiger charge is 2.06. The molecule has 0 bridgehead atoms. The molecule has 2 heterocycles. The van der Waals surface area contributed by atoms with Gasteiger partial charge in [-0.3, -0.25) is 9.89 Å². The number of aromatic nitrogens is 2. The lowest BCUT2D eigenvalue weighted by Crippen LogP contribution is -2.22. The van der Waals surface area contributed by atoms with Crippen molar-refractivity contribution in [2.45, 2.75) is 6.54 Å². The molecule has 18 heavy (non-hydrogen) atoms. The van der Waals surface area contributed by atoms with Crippen molar-refractivity contribution in [3.8, 4) is 11.8 Å². The number of hydrogen-bond donors (Lipinski definition) is 3. The van der Waals surface area contributed by atoms with Gasteiger partial charge < -0.3 is 10.4 Å². The molecule has 0 spiro atoms. The van der Waals surface area contributed by atoms with Crippen LogP contribution >= 0.6 is 11.3 Å². The average Bonchev–Trinajstić information content (AvgIpc) is 3.04. The monoisotopic (exact) mass is 261 g/mol. The number of carbonyl (C=O) groups is 1. The van der Waals surface area contributed by atoms with Gasteiger partial charge in [0.1, 0.15) is 12.3 Å². The molecule has 0 fully saturated rings. The lowest BCUT2D eigenvalue weighted by Gasteiger charge is -2.00. The van der Waals surface area contributed by atoms with Crippen LogP contribution in [-0.4, -0.2) is 27.8 Å². The third kappa shape index (κ3) is 3.20. The first-order valence-corrected chi connectivity index (χ1v) is 6.07. The van der Waals surface area contributed by atoms with Crippen LogP contribution in [-0.2, 0) is 6.54 Å². The number of thiophene rings is 1. The lowest BCUT2D eigenvalue weighted by molar-refractivity contribution is 0.0946. The van der Waals surface area contributed by atoms with Gasteiger partial charge in [-0.25, -0.2) is 0 Å². The fourth-order valence-corrected chi connectivity index (χ4v) is 2.13. The molecule has 3 N–H and O–H groups in total. The Morgan fingerprint density at radius 3 is 3.11 bits per heavy atom. The van der Waals surface area contributed by atoms with Crippen molar-refractivity contribution < 1.29 is 9.90 Å². The Bertz CT molecular complexity index is 578. The second-order valence-electron chi connectivity index (χ2n) is 3.38. The molecule has 2 aromatic rings. The number of amides is 1. The fourth-order valence-electron chi connectivity index (χ4n) is 1.31. The molecular weight excluding hydrogens is 250 g/mol. The largest absolute Gasteiger partial charge is 0.384 e. The highest BCUT2D eigenvalue weighted by molar-refractivity contribution is 7.12. The summed E-state index contributed by atoms with van der Waals surface area (Å²) in [6.45, 7) is 0.299.